The van der Waals surface area contributed by atoms with E-state index in [0.29, 0.717) is 10.4 Å². The average molecular weight is 344 g/mol. The Hall–Kier alpha value is -1.87. The summed E-state index contributed by atoms with van der Waals surface area (Å²) in [6.45, 7) is 4.29. The molecule has 108 valence electrons. The van der Waals surface area contributed by atoms with Crippen molar-refractivity contribution in [3.05, 3.63) is 70.2 Å². The summed E-state index contributed by atoms with van der Waals surface area (Å²) in [5.74, 6) is 0.329. The first kappa shape index (κ1) is 15.5. The molecule has 0 aliphatic heterocycles. The van der Waals surface area contributed by atoms with Crippen molar-refractivity contribution < 1.29 is 4.79 Å². The highest BCUT2D eigenvalue weighted by Gasteiger charge is 2.07. The highest BCUT2D eigenvalue weighted by molar-refractivity contribution is 9.12. The Morgan fingerprint density at radius 1 is 1.05 bits per heavy atom. The van der Waals surface area contributed by atoms with Crippen LogP contribution in [0.3, 0.4) is 0 Å². The number of hydrogen-bond acceptors (Lipinski definition) is 1. The zero-order chi connectivity index (χ0) is 15.2. The Kier molecular flexibility index (Phi) is 5.34. The molecular formula is C18H18BrNO. The van der Waals surface area contributed by atoms with E-state index in [4.69, 9.17) is 0 Å². The first-order valence-electron chi connectivity index (χ1n) is 6.90. The molecule has 0 atom stereocenters. The fraction of sp³-hybridized carbons (Fsp3) is 0.167. The number of anilines is 1. The van der Waals surface area contributed by atoms with Gasteiger partial charge in [-0.15, -0.1) is 0 Å². The highest BCUT2D eigenvalue weighted by Crippen LogP contribution is 2.19. The van der Waals surface area contributed by atoms with E-state index in [-0.39, 0.29) is 5.91 Å². The minimum absolute atomic E-state index is 0.156. The molecule has 1 N–H and O–H groups in total. The van der Waals surface area contributed by atoms with E-state index < -0.39 is 0 Å². The molecule has 1 amide bonds. The van der Waals surface area contributed by atoms with Crippen LogP contribution in [0, 0.1) is 0 Å². The number of halogens is 1. The molecule has 0 unspecified atom stereocenters. The third-order valence-electron chi connectivity index (χ3n) is 3.15. The van der Waals surface area contributed by atoms with Crippen molar-refractivity contribution in [2.45, 2.75) is 19.8 Å². The lowest BCUT2D eigenvalue weighted by molar-refractivity contribution is -0.112. The lowest BCUT2D eigenvalue weighted by atomic mass is 10.0. The topological polar surface area (TPSA) is 29.1 Å². The molecule has 2 aromatic rings. The van der Waals surface area contributed by atoms with Gasteiger partial charge in [0, 0.05) is 5.69 Å². The number of amides is 1. The summed E-state index contributed by atoms with van der Waals surface area (Å²) in [5, 5.41) is 2.87. The van der Waals surface area contributed by atoms with E-state index >= 15 is 0 Å². The molecule has 21 heavy (non-hydrogen) atoms. The maximum atomic E-state index is 12.1. The first-order chi connectivity index (χ1) is 10.1. The van der Waals surface area contributed by atoms with Crippen LogP contribution < -0.4 is 5.32 Å². The molecule has 0 saturated carbocycles. The molecule has 0 aliphatic carbocycles. The SMILES string of the molecule is CC(C)c1ccc(NC(=O)/C(Br)=C/c2ccccc2)cc1. The van der Waals surface area contributed by atoms with Crippen LogP contribution in [0.15, 0.2) is 59.1 Å². The molecule has 2 aromatic carbocycles. The summed E-state index contributed by atoms with van der Waals surface area (Å²) in [7, 11) is 0. The predicted octanol–water partition coefficient (Wildman–Crippen LogP) is 5.18. The molecule has 0 fully saturated rings. The Bertz CT molecular complexity index is 630. The number of carbonyl (C=O) groups excluding carboxylic acids is 1. The maximum absolute atomic E-state index is 12.1. The van der Waals surface area contributed by atoms with Crippen LogP contribution in [0.25, 0.3) is 6.08 Å². The number of nitrogens with one attached hydrogen (secondary N) is 1. The van der Waals surface area contributed by atoms with Crippen LogP contribution >= 0.6 is 15.9 Å². The second-order valence-corrected chi connectivity index (χ2v) is 5.99. The number of carbonyl (C=O) groups is 1. The second-order valence-electron chi connectivity index (χ2n) is 5.13. The Morgan fingerprint density at radius 3 is 2.24 bits per heavy atom. The molecule has 2 nitrogen and oxygen atoms in total. The van der Waals surface area contributed by atoms with E-state index in [2.05, 4.69) is 35.1 Å². The maximum Gasteiger partial charge on any atom is 0.262 e. The van der Waals surface area contributed by atoms with Crippen LogP contribution in [0.2, 0.25) is 0 Å². The van der Waals surface area contributed by atoms with Gasteiger partial charge in [-0.1, -0.05) is 56.3 Å². The number of hydrogen-bond donors (Lipinski definition) is 1. The van der Waals surface area contributed by atoms with Crippen LogP contribution in [0.5, 0.6) is 0 Å². The van der Waals surface area contributed by atoms with Gasteiger partial charge in [0.05, 0.1) is 4.48 Å². The van der Waals surface area contributed by atoms with E-state index in [9.17, 15) is 4.79 Å². The Labute approximate surface area is 134 Å². The summed E-state index contributed by atoms with van der Waals surface area (Å²) in [6.07, 6.45) is 1.80. The third-order valence-corrected chi connectivity index (χ3v) is 3.73. The summed E-state index contributed by atoms with van der Waals surface area (Å²) in [4.78, 5) is 12.1. The van der Waals surface area contributed by atoms with Gasteiger partial charge in [0.1, 0.15) is 0 Å². The van der Waals surface area contributed by atoms with E-state index in [1.807, 2.05) is 54.6 Å². The fourth-order valence-corrected chi connectivity index (χ4v) is 2.27. The van der Waals surface area contributed by atoms with Crippen LogP contribution in [0.4, 0.5) is 5.69 Å². The molecule has 0 radical (unpaired) electrons. The molecular weight excluding hydrogens is 326 g/mol. The minimum Gasteiger partial charge on any atom is -0.322 e. The molecule has 0 saturated heterocycles. The third kappa shape index (κ3) is 4.57. The lowest BCUT2D eigenvalue weighted by Crippen LogP contribution is -2.11. The van der Waals surface area contributed by atoms with Crippen molar-refractivity contribution in [3.63, 3.8) is 0 Å². The summed E-state index contributed by atoms with van der Waals surface area (Å²) in [5.41, 5.74) is 3.03. The van der Waals surface area contributed by atoms with E-state index in [0.717, 1.165) is 11.3 Å². The monoisotopic (exact) mass is 343 g/mol. The zero-order valence-electron chi connectivity index (χ0n) is 12.1. The lowest BCUT2D eigenvalue weighted by Gasteiger charge is -2.08. The van der Waals surface area contributed by atoms with Gasteiger partial charge in [0.2, 0.25) is 0 Å². The first-order valence-corrected chi connectivity index (χ1v) is 7.69. The summed E-state index contributed by atoms with van der Waals surface area (Å²) < 4.78 is 0.502. The zero-order valence-corrected chi connectivity index (χ0v) is 13.7. The van der Waals surface area contributed by atoms with Gasteiger partial charge >= 0.3 is 0 Å². The van der Waals surface area contributed by atoms with Crippen LogP contribution in [-0.4, -0.2) is 5.91 Å². The van der Waals surface area contributed by atoms with Gasteiger partial charge < -0.3 is 5.32 Å². The minimum atomic E-state index is -0.156. The van der Waals surface area contributed by atoms with Crippen molar-refractivity contribution in [2.24, 2.45) is 0 Å². The standard InChI is InChI=1S/C18H18BrNO/c1-13(2)15-8-10-16(11-9-15)20-18(21)17(19)12-14-6-4-3-5-7-14/h3-13H,1-2H3,(H,20,21)/b17-12-. The van der Waals surface area contributed by atoms with E-state index in [1.165, 1.54) is 5.56 Å². The highest BCUT2D eigenvalue weighted by atomic mass is 79.9. The predicted molar refractivity (Wildman–Crippen MR) is 92.5 cm³/mol. The number of benzene rings is 2. The number of rotatable bonds is 4. The summed E-state index contributed by atoms with van der Waals surface area (Å²) in [6, 6.07) is 17.7. The van der Waals surface area contributed by atoms with Crippen molar-refractivity contribution in [1.82, 2.24) is 0 Å². The van der Waals surface area contributed by atoms with E-state index in [1.54, 1.807) is 6.08 Å². The van der Waals surface area contributed by atoms with Crippen molar-refractivity contribution >= 4 is 33.6 Å². The van der Waals surface area contributed by atoms with Gasteiger partial charge in [-0.2, -0.15) is 0 Å². The molecule has 0 aliphatic rings. The van der Waals surface area contributed by atoms with Crippen LogP contribution in [0.1, 0.15) is 30.9 Å². The Morgan fingerprint density at radius 2 is 1.67 bits per heavy atom. The van der Waals surface area contributed by atoms with Crippen molar-refractivity contribution in [1.29, 1.82) is 0 Å². The second kappa shape index (κ2) is 7.23. The van der Waals surface area contributed by atoms with Gasteiger partial charge in [0.25, 0.3) is 5.91 Å². The van der Waals surface area contributed by atoms with Gasteiger partial charge in [-0.3, -0.25) is 4.79 Å². The molecule has 0 aromatic heterocycles. The fourth-order valence-electron chi connectivity index (χ4n) is 1.90. The molecule has 2 rings (SSSR count). The average Bonchev–Trinajstić information content (AvgIpc) is 2.48. The van der Waals surface area contributed by atoms with Crippen LogP contribution in [-0.2, 0) is 4.79 Å². The smallest absolute Gasteiger partial charge is 0.262 e. The normalized spacial score (nSPS) is 11.5. The quantitative estimate of drug-likeness (QED) is 0.761. The van der Waals surface area contributed by atoms with Gasteiger partial charge in [-0.25, -0.2) is 0 Å². The van der Waals surface area contributed by atoms with Gasteiger partial charge in [0.15, 0.2) is 0 Å². The van der Waals surface area contributed by atoms with Crippen molar-refractivity contribution in [3.8, 4) is 0 Å². The molecule has 0 spiro atoms. The summed E-state index contributed by atoms with van der Waals surface area (Å²) >= 11 is 3.32. The van der Waals surface area contributed by atoms with Crippen molar-refractivity contribution in [2.75, 3.05) is 5.32 Å². The largest absolute Gasteiger partial charge is 0.322 e. The Balaban J connectivity index is 2.05. The molecule has 3 heteroatoms. The molecule has 0 heterocycles. The van der Waals surface area contributed by atoms with Gasteiger partial charge in [-0.05, 0) is 51.2 Å². The molecule has 0 bridgehead atoms.